The van der Waals surface area contributed by atoms with Crippen molar-refractivity contribution in [1.29, 1.82) is 0 Å². The second-order valence-corrected chi connectivity index (χ2v) is 9.14. The molecule has 0 saturated heterocycles. The van der Waals surface area contributed by atoms with Gasteiger partial charge in [-0.1, -0.05) is 66.8 Å². The van der Waals surface area contributed by atoms with Crippen molar-refractivity contribution in [2.24, 2.45) is 5.73 Å². The summed E-state index contributed by atoms with van der Waals surface area (Å²) in [6.45, 7) is 15.7. The quantitative estimate of drug-likeness (QED) is 0.214. The second kappa shape index (κ2) is 16.3. The average molecular weight is 533 g/mol. The number of anilines is 1. The molecule has 3 rings (SSSR count). The van der Waals surface area contributed by atoms with Gasteiger partial charge in [-0.2, -0.15) is 0 Å². The van der Waals surface area contributed by atoms with E-state index in [4.69, 9.17) is 10.5 Å². The number of carbonyl (C=O) groups is 1. The predicted octanol–water partition coefficient (Wildman–Crippen LogP) is 8.71. The van der Waals surface area contributed by atoms with Crippen LogP contribution in [0.1, 0.15) is 67.2 Å². The van der Waals surface area contributed by atoms with Gasteiger partial charge in [-0.15, -0.1) is 11.8 Å². The number of allylic oxidation sites excluding steroid dienone is 6. The van der Waals surface area contributed by atoms with Gasteiger partial charge < -0.3 is 15.8 Å². The van der Waals surface area contributed by atoms with E-state index in [2.05, 4.69) is 35.9 Å². The summed E-state index contributed by atoms with van der Waals surface area (Å²) in [5.41, 5.74) is 13.9. The zero-order chi connectivity index (χ0) is 29.5. The number of carbonyl (C=O) groups excluding carboxylic acids is 1. The monoisotopic (exact) mass is 532 g/mol. The van der Waals surface area contributed by atoms with E-state index in [-0.39, 0.29) is 12.5 Å². The number of hydrogen-bond acceptors (Lipinski definition) is 3. The number of hydrogen-bond donors (Lipinski definition) is 2. The molecule has 0 unspecified atom stereocenters. The largest absolute Gasteiger partial charge is 0.489 e. The van der Waals surface area contributed by atoms with E-state index < -0.39 is 0 Å². The molecule has 1 amide bonds. The lowest BCUT2D eigenvalue weighted by Gasteiger charge is -2.14. The highest BCUT2D eigenvalue weighted by Gasteiger charge is 2.13. The lowest BCUT2D eigenvalue weighted by molar-refractivity contribution is 0.102. The van der Waals surface area contributed by atoms with Crippen molar-refractivity contribution >= 4 is 22.9 Å². The first-order valence-corrected chi connectivity index (χ1v) is 13.2. The fourth-order valence-electron chi connectivity index (χ4n) is 3.86. The molecule has 0 saturated carbocycles. The average Bonchev–Trinajstić information content (AvgIpc) is 2.96. The number of aryl methyl sites for hydroxylation is 1. The molecule has 0 aliphatic heterocycles. The van der Waals surface area contributed by atoms with Crippen LogP contribution in [0.3, 0.4) is 0 Å². The molecule has 0 heterocycles. The standard InChI is InChI=1S/C32H34N2O2.C4H6/c1-6-10-24(7-2)25-14-17-28(18-15-25)36-21-26-11-8-9-12-29(26)32(35)34-27-16-13-23(5)30(20-27)31(33)19-22(3)4;1-3-4-2/h6-20H,3,21,33H2,1-2,4-5H3,(H,34,35);1-2H3/b10-6-,24-7+,31-19+;. The third-order valence-electron chi connectivity index (χ3n) is 5.96. The summed E-state index contributed by atoms with van der Waals surface area (Å²) < 4.78 is 6.01. The van der Waals surface area contributed by atoms with Gasteiger partial charge in [-0.3, -0.25) is 4.79 Å². The summed E-state index contributed by atoms with van der Waals surface area (Å²) in [6, 6.07) is 21.1. The van der Waals surface area contributed by atoms with Gasteiger partial charge in [0, 0.05) is 28.1 Å². The number of nitrogens with two attached hydrogens (primary N) is 1. The Morgan fingerprint density at radius 3 is 2.27 bits per heavy atom. The van der Waals surface area contributed by atoms with Crippen LogP contribution in [0.2, 0.25) is 0 Å². The normalized spacial score (nSPS) is 11.2. The van der Waals surface area contributed by atoms with Crippen LogP contribution in [0.5, 0.6) is 5.75 Å². The summed E-state index contributed by atoms with van der Waals surface area (Å²) in [5.74, 6) is 5.90. The topological polar surface area (TPSA) is 64.3 Å². The molecule has 3 aromatic carbocycles. The highest BCUT2D eigenvalue weighted by molar-refractivity contribution is 6.05. The van der Waals surface area contributed by atoms with Crippen LogP contribution in [-0.2, 0) is 6.61 Å². The molecular formula is C36H40N2O2. The third-order valence-corrected chi connectivity index (χ3v) is 5.96. The van der Waals surface area contributed by atoms with Crippen molar-refractivity contribution in [1.82, 2.24) is 0 Å². The Kier molecular flexibility index (Phi) is 12.8. The Morgan fingerprint density at radius 2 is 1.68 bits per heavy atom. The molecule has 0 aliphatic rings. The molecule has 40 heavy (non-hydrogen) atoms. The van der Waals surface area contributed by atoms with E-state index in [9.17, 15) is 4.79 Å². The molecule has 0 bridgehead atoms. The van der Waals surface area contributed by atoms with E-state index >= 15 is 0 Å². The van der Waals surface area contributed by atoms with Gasteiger partial charge in [-0.25, -0.2) is 0 Å². The number of nitrogens with one attached hydrogen (secondary N) is 1. The van der Waals surface area contributed by atoms with Gasteiger partial charge in [0.25, 0.3) is 5.91 Å². The highest BCUT2D eigenvalue weighted by Crippen LogP contribution is 2.23. The zero-order valence-electron chi connectivity index (χ0n) is 24.5. The summed E-state index contributed by atoms with van der Waals surface area (Å²) in [4.78, 5) is 13.2. The van der Waals surface area contributed by atoms with Crippen molar-refractivity contribution in [2.45, 2.75) is 48.1 Å². The number of ether oxygens (including phenoxy) is 1. The molecule has 0 spiro atoms. The molecule has 0 aromatic heterocycles. The minimum absolute atomic E-state index is 0.203. The SMILES string of the molecule is C=C(C)/C=C(/N)c1cc(NC(=O)c2ccccc2COc2ccc(C(/C=C\C)=C/C)cc2)ccc1C.CC#CC. The van der Waals surface area contributed by atoms with Crippen molar-refractivity contribution in [3.8, 4) is 17.6 Å². The predicted molar refractivity (Wildman–Crippen MR) is 171 cm³/mol. The van der Waals surface area contributed by atoms with Crippen LogP contribution in [0, 0.1) is 18.8 Å². The van der Waals surface area contributed by atoms with Gasteiger partial charge in [0.05, 0.1) is 0 Å². The highest BCUT2D eigenvalue weighted by atomic mass is 16.5. The molecule has 0 radical (unpaired) electrons. The van der Waals surface area contributed by atoms with Crippen LogP contribution in [-0.4, -0.2) is 5.91 Å². The Bertz CT molecular complexity index is 1460. The lowest BCUT2D eigenvalue weighted by atomic mass is 10.0. The molecule has 0 fully saturated rings. The number of amides is 1. The Hall–Kier alpha value is -4.75. The maximum absolute atomic E-state index is 13.2. The molecule has 4 nitrogen and oxygen atoms in total. The van der Waals surface area contributed by atoms with Crippen LogP contribution >= 0.6 is 0 Å². The minimum atomic E-state index is -0.203. The summed E-state index contributed by atoms with van der Waals surface area (Å²) in [7, 11) is 0. The van der Waals surface area contributed by atoms with Gasteiger partial charge >= 0.3 is 0 Å². The molecule has 0 atom stereocenters. The van der Waals surface area contributed by atoms with Gasteiger partial charge in [-0.05, 0) is 94.7 Å². The fourth-order valence-corrected chi connectivity index (χ4v) is 3.86. The smallest absolute Gasteiger partial charge is 0.256 e. The first-order valence-electron chi connectivity index (χ1n) is 13.2. The lowest BCUT2D eigenvalue weighted by Crippen LogP contribution is -2.15. The molecule has 206 valence electrons. The van der Waals surface area contributed by atoms with Crippen LogP contribution in [0.4, 0.5) is 5.69 Å². The zero-order valence-corrected chi connectivity index (χ0v) is 24.5. The molecule has 4 heteroatoms. The first-order chi connectivity index (χ1) is 19.2. The van der Waals surface area contributed by atoms with E-state index in [0.717, 1.165) is 39.1 Å². The fraction of sp³-hybridized carbons (Fsp3) is 0.194. The van der Waals surface area contributed by atoms with E-state index in [1.54, 1.807) is 6.07 Å². The van der Waals surface area contributed by atoms with Crippen LogP contribution in [0.15, 0.2) is 103 Å². The Labute approximate surface area is 240 Å². The van der Waals surface area contributed by atoms with Gasteiger partial charge in [0.2, 0.25) is 0 Å². The third kappa shape index (κ3) is 9.53. The van der Waals surface area contributed by atoms with Crippen molar-refractivity contribution < 1.29 is 9.53 Å². The Balaban J connectivity index is 0.00000131. The summed E-state index contributed by atoms with van der Waals surface area (Å²) in [6.07, 6.45) is 8.00. The van der Waals surface area contributed by atoms with Crippen LogP contribution in [0.25, 0.3) is 11.3 Å². The van der Waals surface area contributed by atoms with Gasteiger partial charge in [0.15, 0.2) is 0 Å². The maximum Gasteiger partial charge on any atom is 0.256 e. The Morgan fingerprint density at radius 1 is 1.00 bits per heavy atom. The second-order valence-electron chi connectivity index (χ2n) is 9.14. The van der Waals surface area contributed by atoms with Crippen molar-refractivity contribution in [3.05, 3.63) is 131 Å². The molecule has 0 aliphatic carbocycles. The number of benzene rings is 3. The minimum Gasteiger partial charge on any atom is -0.489 e. The van der Waals surface area contributed by atoms with E-state index in [1.807, 2.05) is 114 Å². The summed E-state index contributed by atoms with van der Waals surface area (Å²) >= 11 is 0. The molecule has 3 aromatic rings. The maximum atomic E-state index is 13.2. The van der Waals surface area contributed by atoms with E-state index in [0.29, 0.717) is 16.9 Å². The van der Waals surface area contributed by atoms with Gasteiger partial charge in [0.1, 0.15) is 12.4 Å². The first kappa shape index (κ1) is 31.5. The van der Waals surface area contributed by atoms with Crippen LogP contribution < -0.4 is 15.8 Å². The molecular weight excluding hydrogens is 492 g/mol. The van der Waals surface area contributed by atoms with Crippen molar-refractivity contribution in [3.63, 3.8) is 0 Å². The van der Waals surface area contributed by atoms with E-state index in [1.165, 1.54) is 0 Å². The molecule has 3 N–H and O–H groups in total. The summed E-state index contributed by atoms with van der Waals surface area (Å²) in [5, 5.41) is 3.00. The number of rotatable bonds is 9. The van der Waals surface area contributed by atoms with Crippen molar-refractivity contribution in [2.75, 3.05) is 5.32 Å².